The molecule has 21 heavy (non-hydrogen) atoms. The number of benzene rings is 1. The number of unbranched alkanes of at least 4 members (excludes halogenated alkanes) is 9. The summed E-state index contributed by atoms with van der Waals surface area (Å²) in [5, 5.41) is 3.62. The molecule has 120 valence electrons. The van der Waals surface area contributed by atoms with Crippen LogP contribution >= 0.6 is 0 Å². The molecule has 0 spiro atoms. The van der Waals surface area contributed by atoms with Crippen LogP contribution < -0.4 is 5.32 Å². The maximum Gasteiger partial charge on any atom is 0.0291 e. The maximum absolute atomic E-state index is 3.62. The molecule has 0 unspecified atom stereocenters. The first-order valence-corrected chi connectivity index (χ1v) is 9.13. The summed E-state index contributed by atoms with van der Waals surface area (Å²) in [5.74, 6) is 0. The first-order valence-electron chi connectivity index (χ1n) is 9.13. The highest BCUT2D eigenvalue weighted by Gasteiger charge is 2.02. The van der Waals surface area contributed by atoms with Crippen molar-refractivity contribution in [3.63, 3.8) is 0 Å². The number of hydrogen-bond acceptors (Lipinski definition) is 1. The van der Waals surface area contributed by atoms with Crippen LogP contribution in [0.15, 0.2) is 30.3 Å². The van der Waals surface area contributed by atoms with Crippen LogP contribution in [-0.2, 0) is 0 Å². The van der Waals surface area contributed by atoms with Crippen molar-refractivity contribution in [3.8, 4) is 0 Å². The standard InChI is InChI=1S/C20H35N/c1-3-4-5-6-7-8-9-10-11-15-18-21-19(2)20-16-13-12-14-17-20/h12-14,16-17,19,21H,3-11,15,18H2,1-2H3/t19-/m0/s1. The van der Waals surface area contributed by atoms with Crippen molar-refractivity contribution in [2.75, 3.05) is 6.54 Å². The van der Waals surface area contributed by atoms with Gasteiger partial charge in [0, 0.05) is 6.04 Å². The van der Waals surface area contributed by atoms with Crippen LogP contribution in [0.3, 0.4) is 0 Å². The molecule has 0 aromatic heterocycles. The summed E-state index contributed by atoms with van der Waals surface area (Å²) in [6.45, 7) is 5.69. The molecule has 0 saturated carbocycles. The number of rotatable bonds is 13. The molecule has 0 aliphatic rings. The molecule has 0 bridgehead atoms. The zero-order valence-electron chi connectivity index (χ0n) is 14.2. The van der Waals surface area contributed by atoms with E-state index in [-0.39, 0.29) is 0 Å². The Bertz CT molecular complexity index is 320. The second-order valence-corrected chi connectivity index (χ2v) is 6.27. The van der Waals surface area contributed by atoms with Crippen LogP contribution in [0.5, 0.6) is 0 Å². The summed E-state index contributed by atoms with van der Waals surface area (Å²) in [7, 11) is 0. The van der Waals surface area contributed by atoms with Gasteiger partial charge in [-0.25, -0.2) is 0 Å². The fourth-order valence-corrected chi connectivity index (χ4v) is 2.79. The van der Waals surface area contributed by atoms with E-state index in [2.05, 4.69) is 49.5 Å². The van der Waals surface area contributed by atoms with Crippen LogP contribution in [0, 0.1) is 0 Å². The molecule has 1 aromatic rings. The van der Waals surface area contributed by atoms with Crippen molar-refractivity contribution in [1.82, 2.24) is 5.32 Å². The third-order valence-corrected chi connectivity index (χ3v) is 4.28. The Balaban J connectivity index is 1.86. The molecule has 1 aromatic carbocycles. The molecule has 1 nitrogen and oxygen atoms in total. The van der Waals surface area contributed by atoms with Crippen molar-refractivity contribution in [2.24, 2.45) is 0 Å². The zero-order valence-corrected chi connectivity index (χ0v) is 14.2. The first-order chi connectivity index (χ1) is 10.3. The maximum atomic E-state index is 3.62. The minimum absolute atomic E-state index is 0.477. The first kappa shape index (κ1) is 18.2. The van der Waals surface area contributed by atoms with Gasteiger partial charge in [0.25, 0.3) is 0 Å². The van der Waals surface area contributed by atoms with E-state index in [1.807, 2.05) is 0 Å². The highest BCUT2D eigenvalue weighted by Crippen LogP contribution is 2.12. The van der Waals surface area contributed by atoms with Crippen molar-refractivity contribution >= 4 is 0 Å². The third-order valence-electron chi connectivity index (χ3n) is 4.28. The molecule has 0 heterocycles. The lowest BCUT2D eigenvalue weighted by molar-refractivity contribution is 0.518. The lowest BCUT2D eigenvalue weighted by atomic mass is 10.1. The Morgan fingerprint density at radius 3 is 1.86 bits per heavy atom. The van der Waals surface area contributed by atoms with Crippen LogP contribution in [0.2, 0.25) is 0 Å². The highest BCUT2D eigenvalue weighted by atomic mass is 14.9. The Kier molecular flexibility index (Phi) is 11.2. The number of hydrogen-bond donors (Lipinski definition) is 1. The molecule has 0 radical (unpaired) electrons. The molecule has 1 rings (SSSR count). The van der Waals surface area contributed by atoms with Gasteiger partial charge in [0.2, 0.25) is 0 Å². The molecule has 0 amide bonds. The van der Waals surface area contributed by atoms with Crippen molar-refractivity contribution in [3.05, 3.63) is 35.9 Å². The molecule has 1 heteroatoms. The van der Waals surface area contributed by atoms with Gasteiger partial charge in [-0.15, -0.1) is 0 Å². The second-order valence-electron chi connectivity index (χ2n) is 6.27. The summed E-state index contributed by atoms with van der Waals surface area (Å²) in [6.07, 6.45) is 14.1. The molecule has 1 atom stereocenters. The van der Waals surface area contributed by atoms with E-state index in [1.165, 1.54) is 69.8 Å². The minimum atomic E-state index is 0.477. The monoisotopic (exact) mass is 289 g/mol. The summed E-state index contributed by atoms with van der Waals surface area (Å²) in [5.41, 5.74) is 1.39. The summed E-state index contributed by atoms with van der Waals surface area (Å²) in [6, 6.07) is 11.2. The van der Waals surface area contributed by atoms with Crippen LogP contribution in [0.4, 0.5) is 0 Å². The third kappa shape index (κ3) is 9.68. The quantitative estimate of drug-likeness (QED) is 0.423. The summed E-state index contributed by atoms with van der Waals surface area (Å²) < 4.78 is 0. The van der Waals surface area contributed by atoms with E-state index in [0.717, 1.165) is 6.54 Å². The highest BCUT2D eigenvalue weighted by molar-refractivity contribution is 5.17. The Morgan fingerprint density at radius 1 is 0.762 bits per heavy atom. The smallest absolute Gasteiger partial charge is 0.0291 e. The fourth-order valence-electron chi connectivity index (χ4n) is 2.79. The van der Waals surface area contributed by atoms with Gasteiger partial charge in [-0.1, -0.05) is 95.0 Å². The van der Waals surface area contributed by atoms with Gasteiger partial charge in [0.05, 0.1) is 0 Å². The molecule has 0 aliphatic carbocycles. The van der Waals surface area contributed by atoms with Gasteiger partial charge >= 0.3 is 0 Å². The predicted octanol–water partition coefficient (Wildman–Crippen LogP) is 6.26. The zero-order chi connectivity index (χ0) is 15.2. The minimum Gasteiger partial charge on any atom is -0.310 e. The van der Waals surface area contributed by atoms with Crippen molar-refractivity contribution in [1.29, 1.82) is 0 Å². The Labute approximate surface area is 132 Å². The van der Waals surface area contributed by atoms with Gasteiger partial charge in [0.15, 0.2) is 0 Å². The van der Waals surface area contributed by atoms with Gasteiger partial charge in [-0.2, -0.15) is 0 Å². The molecule has 0 saturated heterocycles. The van der Waals surface area contributed by atoms with Crippen molar-refractivity contribution in [2.45, 2.75) is 84.1 Å². The number of nitrogens with one attached hydrogen (secondary N) is 1. The summed E-state index contributed by atoms with van der Waals surface area (Å²) >= 11 is 0. The predicted molar refractivity (Wildman–Crippen MR) is 94.7 cm³/mol. The second kappa shape index (κ2) is 12.9. The van der Waals surface area contributed by atoms with E-state index in [9.17, 15) is 0 Å². The van der Waals surface area contributed by atoms with Crippen LogP contribution in [-0.4, -0.2) is 6.54 Å². The normalized spacial score (nSPS) is 12.5. The lowest BCUT2D eigenvalue weighted by Gasteiger charge is -2.13. The SMILES string of the molecule is CCCCCCCCCCCCN[C@@H](C)c1ccccc1. The molecule has 1 N–H and O–H groups in total. The van der Waals surface area contributed by atoms with E-state index in [0.29, 0.717) is 6.04 Å². The molecule has 0 aliphatic heterocycles. The van der Waals surface area contributed by atoms with Gasteiger partial charge < -0.3 is 5.32 Å². The largest absolute Gasteiger partial charge is 0.310 e. The molecular formula is C20H35N. The average molecular weight is 290 g/mol. The Hall–Kier alpha value is -0.820. The van der Waals surface area contributed by atoms with Crippen LogP contribution in [0.25, 0.3) is 0 Å². The van der Waals surface area contributed by atoms with Crippen molar-refractivity contribution < 1.29 is 0 Å². The van der Waals surface area contributed by atoms with Crippen LogP contribution in [0.1, 0.15) is 89.7 Å². The lowest BCUT2D eigenvalue weighted by Crippen LogP contribution is -2.19. The van der Waals surface area contributed by atoms with E-state index < -0.39 is 0 Å². The molecule has 0 fully saturated rings. The Morgan fingerprint density at radius 2 is 1.29 bits per heavy atom. The van der Waals surface area contributed by atoms with E-state index >= 15 is 0 Å². The van der Waals surface area contributed by atoms with Gasteiger partial charge in [-0.05, 0) is 25.5 Å². The summed E-state index contributed by atoms with van der Waals surface area (Å²) in [4.78, 5) is 0. The van der Waals surface area contributed by atoms with Gasteiger partial charge in [-0.3, -0.25) is 0 Å². The topological polar surface area (TPSA) is 12.0 Å². The molecular weight excluding hydrogens is 254 g/mol. The average Bonchev–Trinajstić information content (AvgIpc) is 2.53. The van der Waals surface area contributed by atoms with E-state index in [1.54, 1.807) is 0 Å². The van der Waals surface area contributed by atoms with Gasteiger partial charge in [0.1, 0.15) is 0 Å². The fraction of sp³-hybridized carbons (Fsp3) is 0.700. The van der Waals surface area contributed by atoms with E-state index in [4.69, 9.17) is 0 Å².